The molecule has 0 bridgehead atoms. The summed E-state index contributed by atoms with van der Waals surface area (Å²) in [7, 11) is 3.55. The van der Waals surface area contributed by atoms with Gasteiger partial charge in [-0.25, -0.2) is 0 Å². The number of carbonyl (C=O) groups excluding carboxylic acids is 1. The van der Waals surface area contributed by atoms with E-state index >= 15 is 0 Å². The van der Waals surface area contributed by atoms with Gasteiger partial charge < -0.3 is 10.2 Å². The molecule has 1 rings (SSSR count). The lowest BCUT2D eigenvalue weighted by Crippen LogP contribution is -2.26. The minimum Gasteiger partial charge on any atom is -0.382 e. The fourth-order valence-corrected chi connectivity index (χ4v) is 2.11. The average Bonchev–Trinajstić information content (AvgIpc) is 2.36. The summed E-state index contributed by atoms with van der Waals surface area (Å²) in [6.07, 6.45) is 1.07. The van der Waals surface area contributed by atoms with Crippen LogP contribution in [0.1, 0.15) is 43.1 Å². The van der Waals surface area contributed by atoms with Crippen molar-refractivity contribution in [1.29, 1.82) is 0 Å². The van der Waals surface area contributed by atoms with Gasteiger partial charge in [0.1, 0.15) is 0 Å². The summed E-state index contributed by atoms with van der Waals surface area (Å²) >= 11 is 0. The third-order valence-corrected chi connectivity index (χ3v) is 3.48. The molecule has 1 N–H and O–H groups in total. The first-order chi connectivity index (χ1) is 8.86. The number of benzene rings is 1. The van der Waals surface area contributed by atoms with E-state index in [2.05, 4.69) is 33.0 Å². The molecule has 0 aromatic heterocycles. The van der Waals surface area contributed by atoms with Gasteiger partial charge in [-0.2, -0.15) is 0 Å². The van der Waals surface area contributed by atoms with Gasteiger partial charge in [-0.05, 0) is 37.0 Å². The van der Waals surface area contributed by atoms with Gasteiger partial charge >= 0.3 is 0 Å². The van der Waals surface area contributed by atoms with Gasteiger partial charge in [0.05, 0.1) is 0 Å². The summed E-state index contributed by atoms with van der Waals surface area (Å²) in [5.41, 5.74) is 2.97. The molecule has 1 aromatic rings. The zero-order valence-electron chi connectivity index (χ0n) is 12.9. The molecule has 0 spiro atoms. The average molecular weight is 262 g/mol. The van der Waals surface area contributed by atoms with Gasteiger partial charge in [-0.3, -0.25) is 4.79 Å². The van der Waals surface area contributed by atoms with Crippen LogP contribution in [0.15, 0.2) is 18.2 Å². The van der Waals surface area contributed by atoms with Crippen molar-refractivity contribution in [3.05, 3.63) is 29.3 Å². The predicted molar refractivity (Wildman–Crippen MR) is 81.7 cm³/mol. The highest BCUT2D eigenvalue weighted by atomic mass is 16.2. The molecule has 19 heavy (non-hydrogen) atoms. The van der Waals surface area contributed by atoms with Gasteiger partial charge in [0, 0.05) is 31.4 Å². The summed E-state index contributed by atoms with van der Waals surface area (Å²) in [5, 5.41) is 3.56. The molecule has 0 saturated carbocycles. The molecule has 0 heterocycles. The Morgan fingerprint density at radius 2 is 1.95 bits per heavy atom. The first kappa shape index (κ1) is 15.5. The van der Waals surface area contributed by atoms with E-state index in [1.54, 1.807) is 19.0 Å². The van der Waals surface area contributed by atoms with Gasteiger partial charge in [0.2, 0.25) is 0 Å². The van der Waals surface area contributed by atoms with E-state index in [9.17, 15) is 4.79 Å². The lowest BCUT2D eigenvalue weighted by Gasteiger charge is -2.23. The molecule has 0 aliphatic rings. The second kappa shape index (κ2) is 6.60. The van der Waals surface area contributed by atoms with E-state index in [0.717, 1.165) is 17.7 Å². The van der Waals surface area contributed by atoms with Gasteiger partial charge in [-0.15, -0.1) is 0 Å². The van der Waals surface area contributed by atoms with E-state index in [1.165, 1.54) is 5.56 Å². The van der Waals surface area contributed by atoms with E-state index in [1.807, 2.05) is 18.2 Å². The molecule has 3 nitrogen and oxygen atoms in total. The standard InChI is InChI=1S/C16H26N2O/c1-7-14(11(2)3)17-15-10-13(9-8-12(15)4)16(19)18(5)6/h8-11,14,17H,7H2,1-6H3. The zero-order valence-corrected chi connectivity index (χ0v) is 12.9. The Morgan fingerprint density at radius 3 is 2.42 bits per heavy atom. The molecule has 0 saturated heterocycles. The van der Waals surface area contributed by atoms with Crippen molar-refractivity contribution in [3.63, 3.8) is 0 Å². The van der Waals surface area contributed by atoms with Crippen LogP contribution < -0.4 is 5.32 Å². The van der Waals surface area contributed by atoms with Crippen LogP contribution in [0.2, 0.25) is 0 Å². The number of nitrogens with one attached hydrogen (secondary N) is 1. The molecule has 0 radical (unpaired) electrons. The number of nitrogens with zero attached hydrogens (tertiary/aromatic N) is 1. The Balaban J connectivity index is 3.00. The van der Waals surface area contributed by atoms with E-state index in [-0.39, 0.29) is 5.91 Å². The highest BCUT2D eigenvalue weighted by molar-refractivity contribution is 5.95. The van der Waals surface area contributed by atoms with Crippen molar-refractivity contribution < 1.29 is 4.79 Å². The van der Waals surface area contributed by atoms with Crippen LogP contribution in [0.25, 0.3) is 0 Å². The Labute approximate surface area is 117 Å². The summed E-state index contributed by atoms with van der Waals surface area (Å²) in [4.78, 5) is 13.6. The van der Waals surface area contributed by atoms with Gasteiger partial charge in [0.15, 0.2) is 0 Å². The maximum absolute atomic E-state index is 12.0. The number of aryl methyl sites for hydroxylation is 1. The van der Waals surface area contributed by atoms with Crippen LogP contribution in [0.4, 0.5) is 5.69 Å². The number of hydrogen-bond acceptors (Lipinski definition) is 2. The van der Waals surface area contributed by atoms with Crippen LogP contribution in [-0.2, 0) is 0 Å². The number of hydrogen-bond donors (Lipinski definition) is 1. The first-order valence-electron chi connectivity index (χ1n) is 6.95. The predicted octanol–water partition coefficient (Wildman–Crippen LogP) is 3.54. The number of rotatable bonds is 5. The summed E-state index contributed by atoms with van der Waals surface area (Å²) in [6.45, 7) is 8.68. The molecule has 1 aromatic carbocycles. The molecule has 1 atom stereocenters. The molecular weight excluding hydrogens is 236 g/mol. The molecule has 0 aliphatic carbocycles. The summed E-state index contributed by atoms with van der Waals surface area (Å²) in [6, 6.07) is 6.29. The number of anilines is 1. The SMILES string of the molecule is CCC(Nc1cc(C(=O)N(C)C)ccc1C)C(C)C. The second-order valence-electron chi connectivity index (χ2n) is 5.63. The highest BCUT2D eigenvalue weighted by Gasteiger charge is 2.14. The number of carbonyl (C=O) groups is 1. The number of amides is 1. The van der Waals surface area contributed by atoms with Crippen LogP contribution in [-0.4, -0.2) is 30.9 Å². The van der Waals surface area contributed by atoms with E-state index in [0.29, 0.717) is 12.0 Å². The Morgan fingerprint density at radius 1 is 1.32 bits per heavy atom. The molecule has 1 unspecified atom stereocenters. The lowest BCUT2D eigenvalue weighted by atomic mass is 10.0. The van der Waals surface area contributed by atoms with Crippen molar-refractivity contribution in [2.24, 2.45) is 5.92 Å². The molecule has 106 valence electrons. The van der Waals surface area contributed by atoms with Crippen LogP contribution in [0.3, 0.4) is 0 Å². The van der Waals surface area contributed by atoms with Crippen LogP contribution >= 0.6 is 0 Å². The summed E-state index contributed by atoms with van der Waals surface area (Å²) < 4.78 is 0. The van der Waals surface area contributed by atoms with E-state index in [4.69, 9.17) is 0 Å². The third kappa shape index (κ3) is 3.98. The molecule has 0 aliphatic heterocycles. The minimum atomic E-state index is 0.0423. The Kier molecular flexibility index (Phi) is 5.40. The molecule has 1 amide bonds. The lowest BCUT2D eigenvalue weighted by molar-refractivity contribution is 0.0827. The van der Waals surface area contributed by atoms with Crippen LogP contribution in [0, 0.1) is 12.8 Å². The molecular formula is C16H26N2O. The van der Waals surface area contributed by atoms with Crippen LogP contribution in [0.5, 0.6) is 0 Å². The monoisotopic (exact) mass is 262 g/mol. The maximum Gasteiger partial charge on any atom is 0.253 e. The quantitative estimate of drug-likeness (QED) is 0.880. The van der Waals surface area contributed by atoms with Crippen molar-refractivity contribution in [3.8, 4) is 0 Å². The largest absolute Gasteiger partial charge is 0.382 e. The van der Waals surface area contributed by atoms with E-state index < -0.39 is 0 Å². The van der Waals surface area contributed by atoms with Gasteiger partial charge in [0.25, 0.3) is 5.91 Å². The maximum atomic E-state index is 12.0. The third-order valence-electron chi connectivity index (χ3n) is 3.48. The van der Waals surface area contributed by atoms with Gasteiger partial charge in [-0.1, -0.05) is 26.8 Å². The first-order valence-corrected chi connectivity index (χ1v) is 6.95. The van der Waals surface area contributed by atoms with Crippen molar-refractivity contribution in [1.82, 2.24) is 4.90 Å². The minimum absolute atomic E-state index is 0.0423. The highest BCUT2D eigenvalue weighted by Crippen LogP contribution is 2.21. The molecule has 3 heteroatoms. The normalized spacial score (nSPS) is 12.4. The fraction of sp³-hybridized carbons (Fsp3) is 0.562. The Bertz CT molecular complexity index is 438. The Hall–Kier alpha value is -1.51. The summed E-state index contributed by atoms with van der Waals surface area (Å²) in [5.74, 6) is 0.609. The van der Waals surface area contributed by atoms with Crippen molar-refractivity contribution in [2.75, 3.05) is 19.4 Å². The smallest absolute Gasteiger partial charge is 0.253 e. The fourth-order valence-electron chi connectivity index (χ4n) is 2.11. The molecule has 0 fully saturated rings. The zero-order chi connectivity index (χ0) is 14.6. The van der Waals surface area contributed by atoms with Crippen molar-refractivity contribution in [2.45, 2.75) is 40.2 Å². The second-order valence-corrected chi connectivity index (χ2v) is 5.63. The van der Waals surface area contributed by atoms with Crippen molar-refractivity contribution >= 4 is 11.6 Å². The topological polar surface area (TPSA) is 32.3 Å².